The number of piperidine rings is 1. The van der Waals surface area contributed by atoms with Crippen LogP contribution in [0.4, 0.5) is 10.6 Å². The fourth-order valence-corrected chi connectivity index (χ4v) is 5.48. The van der Waals surface area contributed by atoms with Gasteiger partial charge in [-0.15, -0.1) is 11.3 Å². The van der Waals surface area contributed by atoms with Crippen LogP contribution in [0.3, 0.4) is 0 Å². The number of carbonyl (C=O) groups is 3. The van der Waals surface area contributed by atoms with Crippen LogP contribution in [0.25, 0.3) is 0 Å². The standard InChI is InChI=1S/C22H26ClN7O4S2/c1-29-7-5-14-16(11-29)36-21(27-14)19(32)25-15-10-30(22(33)34-2)8-6-13(15)26-20(35)18(31)28-17-4-3-12(23)9-24-17/h3-4,9,13,15H,5-8,10-11H2,1-2H3,(H,25,32)(H,26,35)(H,24,28,31)/t13-,15+/m0/s1. The van der Waals surface area contributed by atoms with Crippen molar-refractivity contribution in [2.75, 3.05) is 39.1 Å². The Morgan fingerprint density at radius 3 is 2.75 bits per heavy atom. The summed E-state index contributed by atoms with van der Waals surface area (Å²) in [4.78, 5) is 51.2. The van der Waals surface area contributed by atoms with Crippen LogP contribution in [0.2, 0.25) is 5.02 Å². The van der Waals surface area contributed by atoms with Crippen molar-refractivity contribution in [3.63, 3.8) is 0 Å². The molecule has 1 saturated heterocycles. The highest BCUT2D eigenvalue weighted by Gasteiger charge is 2.35. The van der Waals surface area contributed by atoms with E-state index in [1.807, 2.05) is 7.05 Å². The van der Waals surface area contributed by atoms with Gasteiger partial charge in [-0.3, -0.25) is 9.59 Å². The molecule has 4 heterocycles. The third-order valence-corrected chi connectivity index (χ3v) is 7.58. The number of carbonyl (C=O) groups excluding carboxylic acids is 3. The summed E-state index contributed by atoms with van der Waals surface area (Å²) >= 11 is 12.5. The Bertz CT molecular complexity index is 1160. The first-order valence-corrected chi connectivity index (χ1v) is 12.9. The van der Waals surface area contributed by atoms with Crippen LogP contribution in [-0.2, 0) is 22.5 Å². The minimum absolute atomic E-state index is 0.0599. The highest BCUT2D eigenvalue weighted by atomic mass is 35.5. The van der Waals surface area contributed by atoms with Gasteiger partial charge in [-0.2, -0.15) is 0 Å². The zero-order valence-electron chi connectivity index (χ0n) is 19.7. The number of methoxy groups -OCH3 is 1. The van der Waals surface area contributed by atoms with Gasteiger partial charge in [0, 0.05) is 43.7 Å². The van der Waals surface area contributed by atoms with Crippen LogP contribution in [0.5, 0.6) is 0 Å². The Balaban J connectivity index is 1.44. The van der Waals surface area contributed by atoms with Crippen LogP contribution in [0, 0.1) is 0 Å². The van der Waals surface area contributed by atoms with Crippen LogP contribution in [-0.4, -0.2) is 88.5 Å². The topological polar surface area (TPSA) is 129 Å². The van der Waals surface area contributed by atoms with Crippen molar-refractivity contribution in [3.05, 3.63) is 38.9 Å². The fraction of sp³-hybridized carbons (Fsp3) is 0.455. The van der Waals surface area contributed by atoms with Gasteiger partial charge in [0.05, 0.1) is 29.9 Å². The maximum atomic E-state index is 13.1. The first-order valence-electron chi connectivity index (χ1n) is 11.3. The number of amides is 3. The summed E-state index contributed by atoms with van der Waals surface area (Å²) in [6.45, 7) is 2.21. The van der Waals surface area contributed by atoms with Crippen molar-refractivity contribution >= 4 is 63.9 Å². The van der Waals surface area contributed by atoms with Crippen molar-refractivity contribution in [3.8, 4) is 0 Å². The number of nitrogens with one attached hydrogen (secondary N) is 3. The number of thiazole rings is 1. The normalized spacial score (nSPS) is 19.7. The zero-order chi connectivity index (χ0) is 25.8. The smallest absolute Gasteiger partial charge is 0.409 e. The number of hydrogen-bond acceptors (Lipinski definition) is 9. The number of fused-ring (bicyclic) bond motifs is 1. The van der Waals surface area contributed by atoms with E-state index in [-0.39, 0.29) is 17.4 Å². The van der Waals surface area contributed by atoms with Gasteiger partial charge in [0.1, 0.15) is 5.82 Å². The molecule has 3 amide bonds. The number of pyridine rings is 1. The molecule has 0 radical (unpaired) electrons. The second kappa shape index (κ2) is 11.5. The van der Waals surface area contributed by atoms with Crippen LogP contribution >= 0.6 is 35.2 Å². The molecule has 14 heteroatoms. The van der Waals surface area contributed by atoms with Gasteiger partial charge in [0.2, 0.25) is 0 Å². The molecule has 192 valence electrons. The number of likely N-dealkylation sites (tertiary alicyclic amines) is 1. The number of rotatable bonds is 4. The largest absolute Gasteiger partial charge is 0.453 e. The van der Waals surface area contributed by atoms with E-state index in [1.54, 1.807) is 12.1 Å². The molecule has 0 bridgehead atoms. The molecule has 0 saturated carbocycles. The van der Waals surface area contributed by atoms with Gasteiger partial charge < -0.3 is 30.5 Å². The number of thiocarbonyl (C=S) groups is 1. The zero-order valence-corrected chi connectivity index (χ0v) is 22.1. The SMILES string of the molecule is COC(=O)N1CC[C@H](NC(=S)C(=O)Nc2ccc(Cl)cn2)[C@H](NC(=O)c2nc3c(s2)CN(C)CC3)C1. The molecule has 4 rings (SSSR count). The van der Waals surface area contributed by atoms with Crippen molar-refractivity contribution in [1.82, 2.24) is 30.4 Å². The summed E-state index contributed by atoms with van der Waals surface area (Å²) in [7, 11) is 3.34. The molecule has 11 nitrogen and oxygen atoms in total. The van der Waals surface area contributed by atoms with Gasteiger partial charge in [-0.1, -0.05) is 23.8 Å². The summed E-state index contributed by atoms with van der Waals surface area (Å²) < 4.78 is 4.85. The molecule has 2 aliphatic rings. The summed E-state index contributed by atoms with van der Waals surface area (Å²) in [5, 5.41) is 9.44. The van der Waals surface area contributed by atoms with E-state index in [1.165, 1.54) is 29.5 Å². The van der Waals surface area contributed by atoms with Crippen molar-refractivity contribution in [2.45, 2.75) is 31.5 Å². The van der Waals surface area contributed by atoms with Gasteiger partial charge in [-0.25, -0.2) is 14.8 Å². The number of halogens is 1. The average molecular weight is 552 g/mol. The molecule has 0 spiro atoms. The molecule has 0 aliphatic carbocycles. The van der Waals surface area contributed by atoms with E-state index in [2.05, 4.69) is 30.8 Å². The third-order valence-electron chi connectivity index (χ3n) is 5.97. The van der Waals surface area contributed by atoms with E-state index in [0.29, 0.717) is 28.8 Å². The molecule has 2 aromatic heterocycles. The Hall–Kier alpha value is -2.87. The molecule has 2 atom stereocenters. The molecule has 3 N–H and O–H groups in total. The second-order valence-corrected chi connectivity index (χ2v) is 10.5. The lowest BCUT2D eigenvalue weighted by Crippen LogP contribution is -2.62. The first kappa shape index (κ1) is 26.2. The summed E-state index contributed by atoms with van der Waals surface area (Å²) in [5.41, 5.74) is 0.950. The van der Waals surface area contributed by atoms with Gasteiger partial charge in [0.15, 0.2) is 10.00 Å². The number of ether oxygens (including phenoxy) is 1. The number of aromatic nitrogens is 2. The predicted molar refractivity (Wildman–Crippen MR) is 139 cm³/mol. The molecule has 2 aliphatic heterocycles. The van der Waals surface area contributed by atoms with E-state index in [4.69, 9.17) is 28.6 Å². The van der Waals surface area contributed by atoms with Gasteiger partial charge in [-0.05, 0) is 25.6 Å². The fourth-order valence-electron chi connectivity index (χ4n) is 4.07. The maximum absolute atomic E-state index is 13.1. The predicted octanol–water partition coefficient (Wildman–Crippen LogP) is 1.67. The highest BCUT2D eigenvalue weighted by molar-refractivity contribution is 7.82. The van der Waals surface area contributed by atoms with E-state index in [9.17, 15) is 14.4 Å². The molecule has 36 heavy (non-hydrogen) atoms. The quantitative estimate of drug-likeness (QED) is 0.486. The lowest BCUT2D eigenvalue weighted by atomic mass is 9.99. The summed E-state index contributed by atoms with van der Waals surface area (Å²) in [6.07, 6.45) is 2.15. The minimum atomic E-state index is -0.544. The van der Waals surface area contributed by atoms with E-state index in [0.717, 1.165) is 30.1 Å². The van der Waals surface area contributed by atoms with Crippen molar-refractivity contribution in [1.29, 1.82) is 0 Å². The maximum Gasteiger partial charge on any atom is 0.409 e. The number of hydrogen-bond donors (Lipinski definition) is 3. The Morgan fingerprint density at radius 1 is 1.22 bits per heavy atom. The Kier molecular flexibility index (Phi) is 8.34. The number of likely N-dealkylation sites (N-methyl/N-ethyl adjacent to an activating group) is 1. The average Bonchev–Trinajstić information content (AvgIpc) is 3.29. The molecule has 0 aromatic carbocycles. The first-order chi connectivity index (χ1) is 17.2. The lowest BCUT2D eigenvalue weighted by molar-refractivity contribution is -0.110. The Labute approximate surface area is 222 Å². The molecule has 1 fully saturated rings. The molecule has 0 unspecified atom stereocenters. The van der Waals surface area contributed by atoms with Crippen molar-refractivity contribution < 1.29 is 19.1 Å². The monoisotopic (exact) mass is 551 g/mol. The molecule has 2 aromatic rings. The van der Waals surface area contributed by atoms with Gasteiger partial charge in [0.25, 0.3) is 11.8 Å². The van der Waals surface area contributed by atoms with Crippen LogP contribution in [0.15, 0.2) is 18.3 Å². The highest BCUT2D eigenvalue weighted by Crippen LogP contribution is 2.25. The summed E-state index contributed by atoms with van der Waals surface area (Å²) in [5.74, 6) is -0.574. The van der Waals surface area contributed by atoms with Gasteiger partial charge >= 0.3 is 6.09 Å². The van der Waals surface area contributed by atoms with Crippen LogP contribution in [0.1, 0.15) is 26.8 Å². The minimum Gasteiger partial charge on any atom is -0.453 e. The second-order valence-electron chi connectivity index (χ2n) is 8.56. The third kappa shape index (κ3) is 6.27. The van der Waals surface area contributed by atoms with E-state index >= 15 is 0 Å². The number of anilines is 1. The Morgan fingerprint density at radius 2 is 2.03 bits per heavy atom. The molecular formula is C22H26ClN7O4S2. The number of nitrogens with zero attached hydrogens (tertiary/aromatic N) is 4. The lowest BCUT2D eigenvalue weighted by Gasteiger charge is -2.38. The molecular weight excluding hydrogens is 526 g/mol. The van der Waals surface area contributed by atoms with E-state index < -0.39 is 24.1 Å². The van der Waals surface area contributed by atoms with Crippen LogP contribution < -0.4 is 16.0 Å². The summed E-state index contributed by atoms with van der Waals surface area (Å²) in [6, 6.07) is 2.23. The van der Waals surface area contributed by atoms with Crippen molar-refractivity contribution in [2.24, 2.45) is 0 Å².